The summed E-state index contributed by atoms with van der Waals surface area (Å²) >= 11 is 0. The number of benzene rings is 2. The van der Waals surface area contributed by atoms with Crippen LogP contribution in [0.25, 0.3) is 0 Å². The van der Waals surface area contributed by atoms with Gasteiger partial charge < -0.3 is 19.7 Å². The Morgan fingerprint density at radius 1 is 0.846 bits per heavy atom. The Bertz CT molecular complexity index is 683. The van der Waals surface area contributed by atoms with Gasteiger partial charge >= 0.3 is 6.16 Å². The third kappa shape index (κ3) is 3.47. The molecule has 2 N–H and O–H groups in total. The molecule has 0 bridgehead atoms. The number of hydrogen-bond donors (Lipinski definition) is 2. The Balaban J connectivity index is 2.04. The lowest BCUT2D eigenvalue weighted by molar-refractivity contribution is -0.212. The molecule has 5 heteroatoms. The van der Waals surface area contributed by atoms with Crippen LogP contribution < -0.4 is 0 Å². The van der Waals surface area contributed by atoms with Gasteiger partial charge in [-0.15, -0.1) is 0 Å². The maximum atomic E-state index is 11.4. The molecule has 0 atom stereocenters. The van der Waals surface area contributed by atoms with E-state index in [9.17, 15) is 15.0 Å². The van der Waals surface area contributed by atoms with Gasteiger partial charge in [-0.2, -0.15) is 0 Å². The highest BCUT2D eigenvalue weighted by molar-refractivity contribution is 5.66. The number of hydrogen-bond acceptors (Lipinski definition) is 5. The number of carbonyl (C=O) groups is 1. The molecule has 0 aromatic heterocycles. The molecule has 0 unspecified atom stereocenters. The summed E-state index contributed by atoms with van der Waals surface area (Å²) in [7, 11) is 0. The van der Waals surface area contributed by atoms with Crippen molar-refractivity contribution in [3.05, 3.63) is 59.7 Å². The predicted molar refractivity (Wildman–Crippen MR) is 97.1 cm³/mol. The van der Waals surface area contributed by atoms with E-state index in [-0.39, 0.29) is 11.5 Å². The summed E-state index contributed by atoms with van der Waals surface area (Å²) in [5, 5.41) is 19.4. The first-order chi connectivity index (χ1) is 12.6. The van der Waals surface area contributed by atoms with Crippen molar-refractivity contribution >= 4 is 6.16 Å². The van der Waals surface area contributed by atoms with E-state index < -0.39 is 17.9 Å². The highest BCUT2D eigenvalue weighted by atomic mass is 16.9. The molecule has 1 saturated heterocycles. The van der Waals surface area contributed by atoms with E-state index in [0.717, 1.165) is 43.2 Å². The number of phenolic OH excluding ortho intramolecular Hbond substituents is 2. The summed E-state index contributed by atoms with van der Waals surface area (Å²) in [4.78, 5) is 11.4. The van der Waals surface area contributed by atoms with E-state index >= 15 is 0 Å². The normalized spacial score (nSPS) is 14.4. The molecule has 1 aliphatic rings. The number of cyclic esters (lactones) is 2. The molecule has 3 rings (SSSR count). The summed E-state index contributed by atoms with van der Waals surface area (Å²) in [5.41, 5.74) is 1.10. The Labute approximate surface area is 153 Å². The molecule has 2 aromatic carbocycles. The maximum absolute atomic E-state index is 11.4. The lowest BCUT2D eigenvalue weighted by Crippen LogP contribution is -2.52. The summed E-state index contributed by atoms with van der Waals surface area (Å²) in [5.74, 6) is 0.344. The SMILES string of the molecule is CCCCCCC(c1ccc(O)cc1)(c1ccc(O)cc1)C1OC(=O)O1. The number of unbranched alkanes of at least 4 members (excludes halogenated alkanes) is 3. The van der Waals surface area contributed by atoms with Gasteiger partial charge in [0, 0.05) is 0 Å². The van der Waals surface area contributed by atoms with Gasteiger partial charge in [-0.1, -0.05) is 56.9 Å². The molecule has 0 radical (unpaired) electrons. The fourth-order valence-electron chi connectivity index (χ4n) is 3.58. The molecule has 0 aliphatic carbocycles. The summed E-state index contributed by atoms with van der Waals surface area (Å²) in [6, 6.07) is 13.8. The summed E-state index contributed by atoms with van der Waals surface area (Å²) in [6.07, 6.45) is 3.58. The molecular weight excluding hydrogens is 332 g/mol. The highest BCUT2D eigenvalue weighted by Gasteiger charge is 2.52. The zero-order valence-corrected chi connectivity index (χ0v) is 14.9. The van der Waals surface area contributed by atoms with Crippen molar-refractivity contribution in [1.29, 1.82) is 0 Å². The van der Waals surface area contributed by atoms with Crippen LogP contribution in [0.4, 0.5) is 4.79 Å². The molecule has 5 nitrogen and oxygen atoms in total. The van der Waals surface area contributed by atoms with E-state index in [4.69, 9.17) is 9.47 Å². The van der Waals surface area contributed by atoms with Crippen LogP contribution in [0.1, 0.15) is 50.2 Å². The standard InChI is InChI=1S/C21H24O5/c1-2-3-4-5-14-21(19-25-20(24)26-19,15-6-10-17(22)11-7-15)16-8-12-18(23)13-9-16/h6-13,19,22-23H,2-5,14H2,1H3. The Morgan fingerprint density at radius 3 is 1.77 bits per heavy atom. The number of aromatic hydroxyl groups is 2. The minimum atomic E-state index is -0.731. The number of phenols is 2. The molecule has 1 heterocycles. The van der Waals surface area contributed by atoms with Gasteiger partial charge in [0.05, 0.1) is 5.41 Å². The van der Waals surface area contributed by atoms with Crippen molar-refractivity contribution < 1.29 is 24.5 Å². The average molecular weight is 356 g/mol. The van der Waals surface area contributed by atoms with Crippen LogP contribution >= 0.6 is 0 Å². The molecule has 0 spiro atoms. The van der Waals surface area contributed by atoms with Crippen LogP contribution in [0.15, 0.2) is 48.5 Å². The average Bonchev–Trinajstić information content (AvgIpc) is 2.62. The second-order valence-corrected chi connectivity index (χ2v) is 6.69. The first kappa shape index (κ1) is 18.1. The van der Waals surface area contributed by atoms with E-state index in [0.29, 0.717) is 0 Å². The predicted octanol–water partition coefficient (Wildman–Crippen LogP) is 4.85. The minimum absolute atomic E-state index is 0.172. The molecule has 26 heavy (non-hydrogen) atoms. The van der Waals surface area contributed by atoms with Gasteiger partial charge in [0.1, 0.15) is 11.5 Å². The molecule has 138 valence electrons. The first-order valence-corrected chi connectivity index (χ1v) is 9.02. The van der Waals surface area contributed by atoms with Crippen molar-refractivity contribution in [2.75, 3.05) is 0 Å². The fourth-order valence-corrected chi connectivity index (χ4v) is 3.58. The van der Waals surface area contributed by atoms with Crippen molar-refractivity contribution in [3.8, 4) is 11.5 Å². The van der Waals surface area contributed by atoms with Gasteiger partial charge in [0.2, 0.25) is 0 Å². The third-order valence-electron chi connectivity index (χ3n) is 5.00. The van der Waals surface area contributed by atoms with Crippen LogP contribution in [0.3, 0.4) is 0 Å². The van der Waals surface area contributed by atoms with Gasteiger partial charge in [-0.3, -0.25) is 0 Å². The Kier molecular flexibility index (Phi) is 5.35. The highest BCUT2D eigenvalue weighted by Crippen LogP contribution is 2.45. The van der Waals surface area contributed by atoms with Crippen LogP contribution in [-0.4, -0.2) is 22.7 Å². The van der Waals surface area contributed by atoms with Crippen LogP contribution in [0.2, 0.25) is 0 Å². The van der Waals surface area contributed by atoms with Crippen LogP contribution in [0, 0.1) is 0 Å². The van der Waals surface area contributed by atoms with E-state index in [2.05, 4.69) is 6.92 Å². The molecule has 2 aromatic rings. The minimum Gasteiger partial charge on any atom is -0.508 e. The van der Waals surface area contributed by atoms with Crippen molar-refractivity contribution in [2.24, 2.45) is 0 Å². The van der Waals surface area contributed by atoms with Gasteiger partial charge in [0.25, 0.3) is 6.29 Å². The Morgan fingerprint density at radius 2 is 1.35 bits per heavy atom. The second kappa shape index (κ2) is 7.68. The van der Waals surface area contributed by atoms with Gasteiger partial charge in [0.15, 0.2) is 0 Å². The lowest BCUT2D eigenvalue weighted by Gasteiger charge is -2.44. The van der Waals surface area contributed by atoms with Crippen molar-refractivity contribution in [3.63, 3.8) is 0 Å². The maximum Gasteiger partial charge on any atom is 0.514 e. The second-order valence-electron chi connectivity index (χ2n) is 6.69. The monoisotopic (exact) mass is 356 g/mol. The molecule has 0 amide bonds. The zero-order chi connectivity index (χ0) is 18.6. The topological polar surface area (TPSA) is 76.0 Å². The van der Waals surface area contributed by atoms with E-state index in [1.54, 1.807) is 24.3 Å². The number of rotatable bonds is 8. The largest absolute Gasteiger partial charge is 0.514 e. The number of ether oxygens (including phenoxy) is 2. The Hall–Kier alpha value is -2.69. The quantitative estimate of drug-likeness (QED) is 0.522. The van der Waals surface area contributed by atoms with E-state index in [1.165, 1.54) is 0 Å². The van der Waals surface area contributed by atoms with Crippen LogP contribution in [0.5, 0.6) is 11.5 Å². The first-order valence-electron chi connectivity index (χ1n) is 9.02. The molecule has 1 fully saturated rings. The number of carbonyl (C=O) groups excluding carboxylic acids is 1. The molecular formula is C21H24O5. The zero-order valence-electron chi connectivity index (χ0n) is 14.9. The fraction of sp³-hybridized carbons (Fsp3) is 0.381. The smallest absolute Gasteiger partial charge is 0.508 e. The van der Waals surface area contributed by atoms with Crippen molar-refractivity contribution in [2.45, 2.75) is 50.7 Å². The molecule has 0 saturated carbocycles. The van der Waals surface area contributed by atoms with E-state index in [1.807, 2.05) is 24.3 Å². The summed E-state index contributed by atoms with van der Waals surface area (Å²) < 4.78 is 10.7. The lowest BCUT2D eigenvalue weighted by atomic mass is 9.70. The van der Waals surface area contributed by atoms with Crippen molar-refractivity contribution in [1.82, 2.24) is 0 Å². The van der Waals surface area contributed by atoms with Gasteiger partial charge in [-0.05, 0) is 41.8 Å². The van der Waals surface area contributed by atoms with Gasteiger partial charge in [-0.25, -0.2) is 4.79 Å². The van der Waals surface area contributed by atoms with Crippen LogP contribution in [-0.2, 0) is 14.9 Å². The third-order valence-corrected chi connectivity index (χ3v) is 5.00. The summed E-state index contributed by atoms with van der Waals surface area (Å²) in [6.45, 7) is 2.16. The molecule has 1 aliphatic heterocycles.